The molecule has 2 aliphatic rings. The molecule has 1 unspecified atom stereocenters. The SMILES string of the molecule is CC(NC1(CNC(=O)[C@H]2CCN[C@@H](C)C2)CCCC1)c1ccccc1.Cl. The van der Waals surface area contributed by atoms with Crippen molar-refractivity contribution in [2.75, 3.05) is 13.1 Å². The van der Waals surface area contributed by atoms with E-state index in [2.05, 4.69) is 60.1 Å². The number of amides is 1. The van der Waals surface area contributed by atoms with Crippen molar-refractivity contribution in [1.29, 1.82) is 0 Å². The normalized spacial score (nSPS) is 25.9. The molecule has 3 atom stereocenters. The lowest BCUT2D eigenvalue weighted by molar-refractivity contribution is -0.126. The van der Waals surface area contributed by atoms with E-state index in [1.807, 2.05) is 0 Å². The van der Waals surface area contributed by atoms with Crippen molar-refractivity contribution in [2.45, 2.75) is 70.0 Å². The van der Waals surface area contributed by atoms with Gasteiger partial charge in [0.25, 0.3) is 0 Å². The van der Waals surface area contributed by atoms with E-state index in [1.54, 1.807) is 0 Å². The van der Waals surface area contributed by atoms with Gasteiger partial charge in [-0.25, -0.2) is 0 Å². The molecule has 1 saturated heterocycles. The maximum atomic E-state index is 12.6. The molecule has 1 saturated carbocycles. The highest BCUT2D eigenvalue weighted by atomic mass is 35.5. The van der Waals surface area contributed by atoms with Gasteiger partial charge in [0, 0.05) is 30.1 Å². The lowest BCUT2D eigenvalue weighted by atomic mass is 9.91. The van der Waals surface area contributed by atoms with Crippen molar-refractivity contribution in [1.82, 2.24) is 16.0 Å². The molecule has 4 nitrogen and oxygen atoms in total. The number of piperidine rings is 1. The van der Waals surface area contributed by atoms with Crippen molar-refractivity contribution in [2.24, 2.45) is 5.92 Å². The first kappa shape index (κ1) is 21.2. The monoisotopic (exact) mass is 379 g/mol. The molecule has 1 aliphatic heterocycles. The summed E-state index contributed by atoms with van der Waals surface area (Å²) in [5.41, 5.74) is 1.36. The van der Waals surface area contributed by atoms with E-state index in [0.29, 0.717) is 12.1 Å². The average molecular weight is 380 g/mol. The van der Waals surface area contributed by atoms with Crippen molar-refractivity contribution in [3.8, 4) is 0 Å². The minimum Gasteiger partial charge on any atom is -0.354 e. The van der Waals surface area contributed by atoms with Gasteiger partial charge in [0.1, 0.15) is 0 Å². The zero-order chi connectivity index (χ0) is 17.7. The Kier molecular flexibility index (Phi) is 7.93. The third-order valence-electron chi connectivity index (χ3n) is 5.98. The van der Waals surface area contributed by atoms with E-state index >= 15 is 0 Å². The fourth-order valence-corrected chi connectivity index (χ4v) is 4.48. The highest BCUT2D eigenvalue weighted by molar-refractivity contribution is 5.85. The summed E-state index contributed by atoms with van der Waals surface area (Å²) >= 11 is 0. The molecule has 0 spiro atoms. The van der Waals surface area contributed by atoms with Crippen LogP contribution in [-0.4, -0.2) is 30.6 Å². The predicted molar refractivity (Wildman–Crippen MR) is 110 cm³/mol. The van der Waals surface area contributed by atoms with Gasteiger partial charge >= 0.3 is 0 Å². The first-order valence-electron chi connectivity index (χ1n) is 9.92. The van der Waals surface area contributed by atoms with Crippen LogP contribution < -0.4 is 16.0 Å². The number of benzene rings is 1. The average Bonchev–Trinajstić information content (AvgIpc) is 3.09. The highest BCUT2D eigenvalue weighted by Gasteiger charge is 2.36. The quantitative estimate of drug-likeness (QED) is 0.708. The highest BCUT2D eigenvalue weighted by Crippen LogP contribution is 2.32. The number of rotatable bonds is 6. The van der Waals surface area contributed by atoms with Crippen LogP contribution in [0.1, 0.15) is 64.0 Å². The summed E-state index contributed by atoms with van der Waals surface area (Å²) in [5.74, 6) is 0.412. The van der Waals surface area contributed by atoms with Crippen LogP contribution in [0.5, 0.6) is 0 Å². The third-order valence-corrected chi connectivity index (χ3v) is 5.98. The molecule has 1 amide bonds. The second kappa shape index (κ2) is 9.72. The summed E-state index contributed by atoms with van der Waals surface area (Å²) in [6.45, 7) is 6.10. The Labute approximate surface area is 164 Å². The molecule has 0 radical (unpaired) electrons. The molecule has 3 N–H and O–H groups in total. The number of halogens is 1. The summed E-state index contributed by atoms with van der Waals surface area (Å²) in [5, 5.41) is 10.6. The Morgan fingerprint density at radius 2 is 1.96 bits per heavy atom. The Balaban J connectivity index is 0.00000243. The first-order valence-corrected chi connectivity index (χ1v) is 9.92. The number of nitrogens with one attached hydrogen (secondary N) is 3. The number of carbonyl (C=O) groups is 1. The van der Waals surface area contributed by atoms with Crippen LogP contribution in [0.15, 0.2) is 30.3 Å². The molecule has 0 aromatic heterocycles. The van der Waals surface area contributed by atoms with Crippen LogP contribution in [0.2, 0.25) is 0 Å². The maximum absolute atomic E-state index is 12.6. The fraction of sp³-hybridized carbons (Fsp3) is 0.667. The van der Waals surface area contributed by atoms with Gasteiger partial charge in [0.05, 0.1) is 0 Å². The summed E-state index contributed by atoms with van der Waals surface area (Å²) in [4.78, 5) is 12.6. The standard InChI is InChI=1S/C21H33N3O.ClH/c1-16-14-19(10-13-22-16)20(25)23-15-21(11-6-7-12-21)24-17(2)18-8-4-3-5-9-18;/h3-5,8-9,16-17,19,22,24H,6-7,10-15H2,1-2H3,(H,23,25);1H/t16-,17?,19-;/m0./s1. The molecule has 146 valence electrons. The van der Waals surface area contributed by atoms with E-state index in [1.165, 1.54) is 18.4 Å². The Morgan fingerprint density at radius 1 is 1.27 bits per heavy atom. The molecule has 3 rings (SSSR count). The Hall–Kier alpha value is -1.10. The van der Waals surface area contributed by atoms with Crippen molar-refractivity contribution >= 4 is 18.3 Å². The van der Waals surface area contributed by atoms with Crippen LogP contribution in [0.25, 0.3) is 0 Å². The molecule has 1 aliphatic carbocycles. The molecular formula is C21H34ClN3O. The van der Waals surface area contributed by atoms with Crippen molar-refractivity contribution < 1.29 is 4.79 Å². The second-order valence-corrected chi connectivity index (χ2v) is 8.06. The van der Waals surface area contributed by atoms with Gasteiger partial charge in [-0.1, -0.05) is 43.2 Å². The van der Waals surface area contributed by atoms with E-state index in [0.717, 1.165) is 38.8 Å². The summed E-state index contributed by atoms with van der Waals surface area (Å²) < 4.78 is 0. The van der Waals surface area contributed by atoms with Crippen molar-refractivity contribution in [3.63, 3.8) is 0 Å². The fourth-order valence-electron chi connectivity index (χ4n) is 4.48. The van der Waals surface area contributed by atoms with Gasteiger partial charge in [0.2, 0.25) is 5.91 Å². The van der Waals surface area contributed by atoms with E-state index < -0.39 is 0 Å². The predicted octanol–water partition coefficient (Wildman–Crippen LogP) is 3.58. The van der Waals surface area contributed by atoms with Gasteiger partial charge in [0.15, 0.2) is 0 Å². The Bertz CT molecular complexity index is 560. The van der Waals surface area contributed by atoms with Crippen molar-refractivity contribution in [3.05, 3.63) is 35.9 Å². The number of hydrogen-bond acceptors (Lipinski definition) is 3. The molecule has 1 aromatic rings. The number of carbonyl (C=O) groups excluding carboxylic acids is 1. The second-order valence-electron chi connectivity index (χ2n) is 8.06. The third kappa shape index (κ3) is 5.45. The molecule has 1 heterocycles. The zero-order valence-corrected chi connectivity index (χ0v) is 16.9. The van der Waals surface area contributed by atoms with E-state index in [9.17, 15) is 4.79 Å². The summed E-state index contributed by atoms with van der Waals surface area (Å²) in [6.07, 6.45) is 6.69. The first-order chi connectivity index (χ1) is 12.1. The molecule has 2 fully saturated rings. The maximum Gasteiger partial charge on any atom is 0.223 e. The largest absolute Gasteiger partial charge is 0.354 e. The molecule has 0 bridgehead atoms. The molecule has 5 heteroatoms. The van der Waals surface area contributed by atoms with Crippen LogP contribution in [0, 0.1) is 5.92 Å². The van der Waals surface area contributed by atoms with Gasteiger partial charge in [-0.05, 0) is 51.6 Å². The summed E-state index contributed by atoms with van der Waals surface area (Å²) in [6, 6.07) is 11.3. The molecule has 1 aromatic carbocycles. The van der Waals surface area contributed by atoms with Crippen LogP contribution in [-0.2, 0) is 4.79 Å². The van der Waals surface area contributed by atoms with Crippen LogP contribution in [0.4, 0.5) is 0 Å². The molecule has 26 heavy (non-hydrogen) atoms. The van der Waals surface area contributed by atoms with Crippen LogP contribution in [0.3, 0.4) is 0 Å². The van der Waals surface area contributed by atoms with Crippen LogP contribution >= 0.6 is 12.4 Å². The van der Waals surface area contributed by atoms with Gasteiger partial charge < -0.3 is 16.0 Å². The Morgan fingerprint density at radius 3 is 2.62 bits per heavy atom. The van der Waals surface area contributed by atoms with Gasteiger partial charge in [-0.3, -0.25) is 4.79 Å². The number of hydrogen-bond donors (Lipinski definition) is 3. The smallest absolute Gasteiger partial charge is 0.223 e. The minimum absolute atomic E-state index is 0. The minimum atomic E-state index is 0. The zero-order valence-electron chi connectivity index (χ0n) is 16.1. The lowest BCUT2D eigenvalue weighted by Gasteiger charge is -2.35. The topological polar surface area (TPSA) is 53.2 Å². The van der Waals surface area contributed by atoms with E-state index in [-0.39, 0.29) is 29.8 Å². The summed E-state index contributed by atoms with van der Waals surface area (Å²) in [7, 11) is 0. The van der Waals surface area contributed by atoms with Gasteiger partial charge in [-0.2, -0.15) is 0 Å². The molecular weight excluding hydrogens is 346 g/mol. The lowest BCUT2D eigenvalue weighted by Crippen LogP contribution is -2.54. The van der Waals surface area contributed by atoms with Gasteiger partial charge in [-0.15, -0.1) is 12.4 Å². The van der Waals surface area contributed by atoms with E-state index in [4.69, 9.17) is 0 Å².